The Hall–Kier alpha value is -1.40. The van der Waals surface area contributed by atoms with Crippen molar-refractivity contribution < 1.29 is 13.2 Å². The van der Waals surface area contributed by atoms with Crippen LogP contribution in [-0.2, 0) is 20.6 Å². The Bertz CT molecular complexity index is 694. The second-order valence-electron chi connectivity index (χ2n) is 7.35. The van der Waals surface area contributed by atoms with Gasteiger partial charge in [-0.05, 0) is 38.2 Å². The summed E-state index contributed by atoms with van der Waals surface area (Å²) in [4.78, 5) is 12.7. The molecule has 138 valence electrons. The van der Waals surface area contributed by atoms with Crippen LogP contribution in [0.3, 0.4) is 0 Å². The van der Waals surface area contributed by atoms with E-state index in [1.807, 2.05) is 31.2 Å². The topological polar surface area (TPSA) is 66.5 Å². The van der Waals surface area contributed by atoms with Crippen LogP contribution in [-0.4, -0.2) is 37.3 Å². The van der Waals surface area contributed by atoms with Crippen molar-refractivity contribution in [1.29, 1.82) is 0 Å². The van der Waals surface area contributed by atoms with Gasteiger partial charge >= 0.3 is 0 Å². The highest BCUT2D eigenvalue weighted by molar-refractivity contribution is 7.88. The van der Waals surface area contributed by atoms with E-state index >= 15 is 0 Å². The summed E-state index contributed by atoms with van der Waals surface area (Å²) in [5, 5.41) is 3.09. The molecule has 1 saturated carbocycles. The van der Waals surface area contributed by atoms with Crippen molar-refractivity contribution in [2.75, 3.05) is 6.54 Å². The predicted molar refractivity (Wildman–Crippen MR) is 98.5 cm³/mol. The third-order valence-corrected chi connectivity index (χ3v) is 7.13. The van der Waals surface area contributed by atoms with Crippen LogP contribution in [0.5, 0.6) is 0 Å². The lowest BCUT2D eigenvalue weighted by Crippen LogP contribution is -2.49. The minimum absolute atomic E-state index is 0.0412. The van der Waals surface area contributed by atoms with Crippen molar-refractivity contribution in [2.24, 2.45) is 0 Å². The fourth-order valence-electron chi connectivity index (χ4n) is 3.86. The standard InChI is InChI=1S/C19H28N2O3S/c1-15-9-11-16(12-10-15)14-25(23,24)21-13-5-8-18(21)19(22)20-17-6-3-2-4-7-17/h9-12,17-18H,2-8,13-14H2,1H3,(H,20,22)/t18-/m1/s1. The van der Waals surface area contributed by atoms with Crippen LogP contribution in [0.2, 0.25) is 0 Å². The summed E-state index contributed by atoms with van der Waals surface area (Å²) in [5.41, 5.74) is 1.87. The molecule has 1 aliphatic carbocycles. The van der Waals surface area contributed by atoms with E-state index in [4.69, 9.17) is 0 Å². The van der Waals surface area contributed by atoms with Gasteiger partial charge in [-0.1, -0.05) is 49.1 Å². The average molecular weight is 365 g/mol. The summed E-state index contributed by atoms with van der Waals surface area (Å²) in [6.45, 7) is 2.42. The first-order valence-electron chi connectivity index (χ1n) is 9.31. The quantitative estimate of drug-likeness (QED) is 0.874. The molecule has 1 saturated heterocycles. The highest BCUT2D eigenvalue weighted by atomic mass is 32.2. The first kappa shape index (κ1) is 18.4. The Labute approximate surface area is 150 Å². The Kier molecular flexibility index (Phi) is 5.79. The molecule has 1 aromatic carbocycles. The molecule has 6 heteroatoms. The van der Waals surface area contributed by atoms with Gasteiger partial charge in [0.15, 0.2) is 0 Å². The molecule has 0 unspecified atom stereocenters. The summed E-state index contributed by atoms with van der Waals surface area (Å²) >= 11 is 0. The van der Waals surface area contributed by atoms with Crippen molar-refractivity contribution in [2.45, 2.75) is 69.7 Å². The maximum absolute atomic E-state index is 12.8. The summed E-state index contributed by atoms with van der Waals surface area (Å²) in [5.74, 6) is -0.155. The number of nitrogens with zero attached hydrogens (tertiary/aromatic N) is 1. The first-order valence-corrected chi connectivity index (χ1v) is 10.9. The van der Waals surface area contributed by atoms with E-state index in [9.17, 15) is 13.2 Å². The third-order valence-electron chi connectivity index (χ3n) is 5.28. The molecule has 5 nitrogen and oxygen atoms in total. The van der Waals surface area contributed by atoms with Crippen molar-refractivity contribution >= 4 is 15.9 Å². The number of amides is 1. The highest BCUT2D eigenvalue weighted by Gasteiger charge is 2.39. The number of hydrogen-bond donors (Lipinski definition) is 1. The maximum atomic E-state index is 12.8. The molecule has 0 aromatic heterocycles. The molecule has 1 aliphatic heterocycles. The summed E-state index contributed by atoms with van der Waals surface area (Å²) in [6, 6.07) is 7.20. The molecule has 3 rings (SSSR count). The number of rotatable bonds is 5. The van der Waals surface area contributed by atoms with Gasteiger partial charge in [-0.25, -0.2) is 8.42 Å². The van der Waals surface area contributed by atoms with E-state index in [0.717, 1.165) is 43.2 Å². The monoisotopic (exact) mass is 364 g/mol. The van der Waals surface area contributed by atoms with Gasteiger partial charge in [0.2, 0.25) is 15.9 Å². The fraction of sp³-hybridized carbons (Fsp3) is 0.632. The number of nitrogens with one attached hydrogen (secondary N) is 1. The number of aryl methyl sites for hydroxylation is 1. The summed E-state index contributed by atoms with van der Waals surface area (Å²) < 4.78 is 27.1. The average Bonchev–Trinajstić information content (AvgIpc) is 3.09. The van der Waals surface area contributed by atoms with Gasteiger partial charge in [-0.3, -0.25) is 4.79 Å². The Balaban J connectivity index is 1.66. The second kappa shape index (κ2) is 7.87. The van der Waals surface area contributed by atoms with E-state index in [0.29, 0.717) is 13.0 Å². The van der Waals surface area contributed by atoms with Gasteiger partial charge in [0.05, 0.1) is 5.75 Å². The molecular formula is C19H28N2O3S. The molecule has 1 N–H and O–H groups in total. The molecular weight excluding hydrogens is 336 g/mol. The number of carbonyl (C=O) groups excluding carboxylic acids is 1. The van der Waals surface area contributed by atoms with Gasteiger partial charge in [-0.2, -0.15) is 4.31 Å². The molecule has 0 spiro atoms. The number of sulfonamides is 1. The molecule has 2 fully saturated rings. The van der Waals surface area contributed by atoms with E-state index in [1.54, 1.807) is 0 Å². The Morgan fingerprint density at radius 1 is 1.08 bits per heavy atom. The number of hydrogen-bond acceptors (Lipinski definition) is 3. The lowest BCUT2D eigenvalue weighted by atomic mass is 9.95. The zero-order chi connectivity index (χ0) is 17.9. The maximum Gasteiger partial charge on any atom is 0.238 e. The number of benzene rings is 1. The summed E-state index contributed by atoms with van der Waals surface area (Å²) in [6.07, 6.45) is 6.90. The van der Waals surface area contributed by atoms with Gasteiger partial charge in [0, 0.05) is 12.6 Å². The van der Waals surface area contributed by atoms with Crippen LogP contribution >= 0.6 is 0 Å². The van der Waals surface area contributed by atoms with E-state index < -0.39 is 16.1 Å². The molecule has 0 bridgehead atoms. The third kappa shape index (κ3) is 4.61. The molecule has 1 heterocycles. The van der Waals surface area contributed by atoms with Gasteiger partial charge in [0.1, 0.15) is 6.04 Å². The minimum Gasteiger partial charge on any atom is -0.352 e. The number of carbonyl (C=O) groups is 1. The lowest BCUT2D eigenvalue weighted by molar-refractivity contribution is -0.125. The summed E-state index contributed by atoms with van der Waals surface area (Å²) in [7, 11) is -3.49. The van der Waals surface area contributed by atoms with Crippen molar-refractivity contribution in [3.8, 4) is 0 Å². The SMILES string of the molecule is Cc1ccc(CS(=O)(=O)N2CCC[C@@H]2C(=O)NC2CCCCC2)cc1. The fourth-order valence-corrected chi connectivity index (χ4v) is 5.63. The van der Waals surface area contributed by atoms with Crippen molar-refractivity contribution in [1.82, 2.24) is 9.62 Å². The smallest absolute Gasteiger partial charge is 0.238 e. The van der Waals surface area contributed by atoms with Crippen LogP contribution in [0.1, 0.15) is 56.1 Å². The Morgan fingerprint density at radius 2 is 1.76 bits per heavy atom. The molecule has 25 heavy (non-hydrogen) atoms. The van der Waals surface area contributed by atoms with Crippen LogP contribution < -0.4 is 5.32 Å². The Morgan fingerprint density at radius 3 is 2.44 bits per heavy atom. The molecule has 2 aliphatic rings. The molecule has 0 radical (unpaired) electrons. The van der Waals surface area contributed by atoms with Gasteiger partial charge in [0.25, 0.3) is 0 Å². The van der Waals surface area contributed by atoms with Crippen LogP contribution in [0.15, 0.2) is 24.3 Å². The predicted octanol–water partition coefficient (Wildman–Crippen LogP) is 2.74. The molecule has 1 atom stereocenters. The zero-order valence-electron chi connectivity index (χ0n) is 14.9. The van der Waals surface area contributed by atoms with E-state index in [-0.39, 0.29) is 17.7 Å². The second-order valence-corrected chi connectivity index (χ2v) is 9.28. The van der Waals surface area contributed by atoms with Gasteiger partial charge in [-0.15, -0.1) is 0 Å². The van der Waals surface area contributed by atoms with E-state index in [1.165, 1.54) is 10.7 Å². The lowest BCUT2D eigenvalue weighted by Gasteiger charge is -2.28. The highest BCUT2D eigenvalue weighted by Crippen LogP contribution is 2.25. The van der Waals surface area contributed by atoms with Crippen LogP contribution in [0, 0.1) is 6.92 Å². The van der Waals surface area contributed by atoms with Crippen LogP contribution in [0.4, 0.5) is 0 Å². The first-order chi connectivity index (χ1) is 12.0. The van der Waals surface area contributed by atoms with E-state index in [2.05, 4.69) is 5.32 Å². The normalized spacial score (nSPS) is 22.8. The largest absolute Gasteiger partial charge is 0.352 e. The van der Waals surface area contributed by atoms with Crippen LogP contribution in [0.25, 0.3) is 0 Å². The van der Waals surface area contributed by atoms with Crippen molar-refractivity contribution in [3.05, 3.63) is 35.4 Å². The van der Waals surface area contributed by atoms with Crippen molar-refractivity contribution in [3.63, 3.8) is 0 Å². The zero-order valence-corrected chi connectivity index (χ0v) is 15.7. The van der Waals surface area contributed by atoms with Gasteiger partial charge < -0.3 is 5.32 Å². The minimum atomic E-state index is -3.49. The molecule has 1 aromatic rings. The molecule has 1 amide bonds.